The van der Waals surface area contributed by atoms with Crippen LogP contribution in [0.15, 0.2) is 28.9 Å². The van der Waals surface area contributed by atoms with Gasteiger partial charge in [0.25, 0.3) is 5.91 Å². The third-order valence-corrected chi connectivity index (χ3v) is 6.55. The fraction of sp³-hybridized carbons (Fsp3) is 0.526. The van der Waals surface area contributed by atoms with Gasteiger partial charge in [0, 0.05) is 17.7 Å². The Morgan fingerprint density at radius 1 is 1.25 bits per heavy atom. The van der Waals surface area contributed by atoms with E-state index in [2.05, 4.69) is 11.4 Å². The largest absolute Gasteiger partial charge is 0.463 e. The predicted octanol–water partition coefficient (Wildman–Crippen LogP) is 2.37. The van der Waals surface area contributed by atoms with Crippen LogP contribution in [-0.4, -0.2) is 25.5 Å². The van der Waals surface area contributed by atoms with Crippen LogP contribution in [-0.2, 0) is 12.8 Å². The van der Waals surface area contributed by atoms with Crippen molar-refractivity contribution < 1.29 is 14.1 Å². The molecule has 4 nitrogen and oxygen atoms in total. The smallest absolute Gasteiger partial charge is 0.261 e. The van der Waals surface area contributed by atoms with E-state index in [1.807, 2.05) is 12.1 Å². The van der Waals surface area contributed by atoms with E-state index in [1.54, 1.807) is 17.6 Å². The standard InChI is InChI=1S/C19H24N2O2S/c22-19(18-12-14-6-1-2-8-17(14)24-18)20-13-15(16-7-5-11-23-16)21-9-3-4-10-21/h5,7,11-12,15H,1-4,6,8-10,13H2,(H,20,22)/p+1/t15-/m0/s1. The van der Waals surface area contributed by atoms with Crippen LogP contribution < -0.4 is 10.2 Å². The molecule has 3 heterocycles. The van der Waals surface area contributed by atoms with Crippen LogP contribution in [0.2, 0.25) is 0 Å². The molecule has 5 heteroatoms. The van der Waals surface area contributed by atoms with Gasteiger partial charge in [0.05, 0.1) is 30.8 Å². The highest BCUT2D eigenvalue weighted by Crippen LogP contribution is 2.29. The number of likely N-dealkylation sites (tertiary alicyclic amines) is 1. The molecule has 1 aliphatic carbocycles. The van der Waals surface area contributed by atoms with Crippen molar-refractivity contribution in [3.8, 4) is 0 Å². The van der Waals surface area contributed by atoms with Gasteiger partial charge in [0.1, 0.15) is 0 Å². The molecule has 2 aromatic rings. The minimum atomic E-state index is 0.0737. The Balaban J connectivity index is 1.43. The van der Waals surface area contributed by atoms with Crippen molar-refractivity contribution in [2.45, 2.75) is 44.6 Å². The number of aryl methyl sites for hydroxylation is 2. The summed E-state index contributed by atoms with van der Waals surface area (Å²) in [6, 6.07) is 6.30. The Kier molecular flexibility index (Phi) is 4.72. The summed E-state index contributed by atoms with van der Waals surface area (Å²) in [6.45, 7) is 2.97. The molecule has 128 valence electrons. The van der Waals surface area contributed by atoms with Crippen molar-refractivity contribution in [1.29, 1.82) is 0 Å². The van der Waals surface area contributed by atoms with E-state index in [9.17, 15) is 4.79 Å². The van der Waals surface area contributed by atoms with E-state index < -0.39 is 0 Å². The highest BCUT2D eigenvalue weighted by molar-refractivity contribution is 7.14. The van der Waals surface area contributed by atoms with Gasteiger partial charge in [-0.15, -0.1) is 11.3 Å². The van der Waals surface area contributed by atoms with E-state index >= 15 is 0 Å². The molecule has 0 spiro atoms. The zero-order valence-electron chi connectivity index (χ0n) is 14.0. The number of fused-ring (bicyclic) bond motifs is 1. The lowest BCUT2D eigenvalue weighted by atomic mass is 9.99. The monoisotopic (exact) mass is 345 g/mol. The van der Waals surface area contributed by atoms with Gasteiger partial charge in [-0.3, -0.25) is 4.79 Å². The van der Waals surface area contributed by atoms with E-state index in [-0.39, 0.29) is 11.9 Å². The van der Waals surface area contributed by atoms with E-state index in [0.717, 1.165) is 36.6 Å². The number of thiophene rings is 1. The maximum Gasteiger partial charge on any atom is 0.261 e. The molecule has 2 aromatic heterocycles. The summed E-state index contributed by atoms with van der Waals surface area (Å²) >= 11 is 1.68. The van der Waals surface area contributed by atoms with Gasteiger partial charge < -0.3 is 14.6 Å². The summed E-state index contributed by atoms with van der Waals surface area (Å²) in [4.78, 5) is 16.4. The Hall–Kier alpha value is -1.59. The summed E-state index contributed by atoms with van der Waals surface area (Å²) in [5.41, 5.74) is 1.39. The molecule has 0 saturated carbocycles. The number of rotatable bonds is 5. The average Bonchev–Trinajstić information content (AvgIpc) is 3.35. The number of nitrogens with one attached hydrogen (secondary N) is 2. The lowest BCUT2D eigenvalue weighted by Gasteiger charge is -2.23. The minimum Gasteiger partial charge on any atom is -0.463 e. The topological polar surface area (TPSA) is 46.7 Å². The van der Waals surface area contributed by atoms with Crippen LogP contribution in [0.3, 0.4) is 0 Å². The van der Waals surface area contributed by atoms with E-state index in [4.69, 9.17) is 4.42 Å². The first kappa shape index (κ1) is 15.9. The zero-order valence-corrected chi connectivity index (χ0v) is 14.8. The number of amides is 1. The molecule has 0 unspecified atom stereocenters. The summed E-state index contributed by atoms with van der Waals surface area (Å²) in [7, 11) is 0. The van der Waals surface area contributed by atoms with Crippen molar-refractivity contribution >= 4 is 17.2 Å². The van der Waals surface area contributed by atoms with Crippen LogP contribution >= 0.6 is 11.3 Å². The van der Waals surface area contributed by atoms with Gasteiger partial charge in [0.2, 0.25) is 0 Å². The maximum atomic E-state index is 12.6. The van der Waals surface area contributed by atoms with Crippen LogP contribution in [0.1, 0.15) is 57.6 Å². The third-order valence-electron chi connectivity index (χ3n) is 5.31. The molecule has 0 aromatic carbocycles. The van der Waals surface area contributed by atoms with E-state index in [1.165, 1.54) is 41.0 Å². The molecule has 2 aliphatic rings. The summed E-state index contributed by atoms with van der Waals surface area (Å²) < 4.78 is 5.64. The molecule has 0 radical (unpaired) electrons. The van der Waals surface area contributed by atoms with Crippen molar-refractivity contribution in [3.63, 3.8) is 0 Å². The lowest BCUT2D eigenvalue weighted by molar-refractivity contribution is -0.919. The predicted molar refractivity (Wildman–Crippen MR) is 94.7 cm³/mol. The first-order valence-electron chi connectivity index (χ1n) is 9.09. The zero-order chi connectivity index (χ0) is 16.4. The van der Waals surface area contributed by atoms with E-state index in [0.29, 0.717) is 6.54 Å². The second-order valence-electron chi connectivity index (χ2n) is 6.91. The molecular weight excluding hydrogens is 320 g/mol. The molecule has 2 N–H and O–H groups in total. The molecule has 24 heavy (non-hydrogen) atoms. The number of quaternary nitrogens is 1. The van der Waals surface area contributed by atoms with Crippen LogP contribution in [0.25, 0.3) is 0 Å². The van der Waals surface area contributed by atoms with Crippen molar-refractivity contribution in [1.82, 2.24) is 5.32 Å². The number of carbonyl (C=O) groups excluding carboxylic acids is 1. The van der Waals surface area contributed by atoms with Gasteiger partial charge in [-0.25, -0.2) is 0 Å². The first-order chi connectivity index (χ1) is 11.8. The highest BCUT2D eigenvalue weighted by atomic mass is 32.1. The number of carbonyl (C=O) groups is 1. The molecule has 1 aliphatic heterocycles. The molecule has 0 bridgehead atoms. The highest BCUT2D eigenvalue weighted by Gasteiger charge is 2.30. The minimum absolute atomic E-state index is 0.0737. The summed E-state index contributed by atoms with van der Waals surface area (Å²) in [5.74, 6) is 1.06. The molecule has 1 atom stereocenters. The van der Waals surface area contributed by atoms with Crippen molar-refractivity contribution in [2.24, 2.45) is 0 Å². The Morgan fingerprint density at radius 3 is 2.83 bits per heavy atom. The number of furan rings is 1. The molecule has 1 saturated heterocycles. The fourth-order valence-corrected chi connectivity index (χ4v) is 5.17. The summed E-state index contributed by atoms with van der Waals surface area (Å²) in [5, 5.41) is 3.16. The Labute approximate surface area is 146 Å². The van der Waals surface area contributed by atoms with Crippen LogP contribution in [0.5, 0.6) is 0 Å². The number of hydrogen-bond acceptors (Lipinski definition) is 3. The molecule has 1 fully saturated rings. The molecule has 1 amide bonds. The quantitative estimate of drug-likeness (QED) is 0.874. The second-order valence-corrected chi connectivity index (χ2v) is 8.05. The van der Waals surface area contributed by atoms with Crippen LogP contribution in [0, 0.1) is 0 Å². The summed E-state index contributed by atoms with van der Waals surface area (Å²) in [6.07, 6.45) is 9.03. The van der Waals surface area contributed by atoms with Gasteiger partial charge in [-0.05, 0) is 49.4 Å². The SMILES string of the molecule is O=C(NC[C@@H](c1ccco1)[NH+]1CCCC1)c1cc2c(s1)CCCC2. The van der Waals surface area contributed by atoms with Crippen molar-refractivity contribution in [2.75, 3.05) is 19.6 Å². The second kappa shape index (κ2) is 7.11. The van der Waals surface area contributed by atoms with Crippen molar-refractivity contribution in [3.05, 3.63) is 45.5 Å². The Morgan fingerprint density at radius 2 is 2.08 bits per heavy atom. The maximum absolute atomic E-state index is 12.6. The molecular formula is C19H25N2O2S+. The van der Waals surface area contributed by atoms with Gasteiger partial charge in [0.15, 0.2) is 11.8 Å². The average molecular weight is 345 g/mol. The number of hydrogen-bond donors (Lipinski definition) is 2. The van der Waals surface area contributed by atoms with Gasteiger partial charge in [-0.1, -0.05) is 0 Å². The lowest BCUT2D eigenvalue weighted by Crippen LogP contribution is -3.11. The third kappa shape index (κ3) is 3.28. The first-order valence-corrected chi connectivity index (χ1v) is 9.90. The fourth-order valence-electron chi connectivity index (χ4n) is 4.00. The van der Waals surface area contributed by atoms with Gasteiger partial charge in [-0.2, -0.15) is 0 Å². The Bertz CT molecular complexity index is 663. The van der Waals surface area contributed by atoms with Gasteiger partial charge >= 0.3 is 0 Å². The molecule has 4 rings (SSSR count). The normalized spacial score (nSPS) is 19.2. The van der Waals surface area contributed by atoms with Crippen LogP contribution in [0.4, 0.5) is 0 Å².